The molecule has 0 saturated carbocycles. The van der Waals surface area contributed by atoms with Gasteiger partial charge in [-0.25, -0.2) is 9.37 Å². The van der Waals surface area contributed by atoms with Gasteiger partial charge < -0.3 is 11.1 Å². The van der Waals surface area contributed by atoms with Gasteiger partial charge in [0.25, 0.3) is 0 Å². The zero-order chi connectivity index (χ0) is 14.5. The molecule has 0 aliphatic carbocycles. The first-order valence-electron chi connectivity index (χ1n) is 5.95. The minimum Gasteiger partial charge on any atom is -0.384 e. The molecule has 1 heterocycles. The molecule has 2 aromatic rings. The van der Waals surface area contributed by atoms with Gasteiger partial charge in [0.15, 0.2) is 0 Å². The van der Waals surface area contributed by atoms with Gasteiger partial charge in [-0.1, -0.05) is 12.1 Å². The first-order valence-corrected chi connectivity index (χ1v) is 5.95. The van der Waals surface area contributed by atoms with E-state index in [1.807, 2.05) is 0 Å². The van der Waals surface area contributed by atoms with Crippen LogP contribution in [-0.2, 0) is 6.42 Å². The van der Waals surface area contributed by atoms with Crippen LogP contribution in [0.2, 0.25) is 0 Å². The third-order valence-corrected chi connectivity index (χ3v) is 2.71. The summed E-state index contributed by atoms with van der Waals surface area (Å²) in [6.45, 7) is 0.433. The summed E-state index contributed by atoms with van der Waals surface area (Å²) in [5.74, 6) is 0.0480. The number of halogens is 1. The predicted octanol–water partition coefficient (Wildman–Crippen LogP) is 2.37. The van der Waals surface area contributed by atoms with Crippen molar-refractivity contribution in [2.75, 3.05) is 17.6 Å². The van der Waals surface area contributed by atoms with Gasteiger partial charge in [0.1, 0.15) is 11.6 Å². The summed E-state index contributed by atoms with van der Waals surface area (Å²) in [4.78, 5) is 14.2. The molecule has 0 radical (unpaired) electrons. The van der Waals surface area contributed by atoms with Crippen molar-refractivity contribution in [2.24, 2.45) is 0 Å². The molecule has 0 unspecified atom stereocenters. The van der Waals surface area contributed by atoms with Gasteiger partial charge in [-0.3, -0.25) is 10.1 Å². The number of nitro groups is 1. The highest BCUT2D eigenvalue weighted by atomic mass is 19.1. The molecule has 0 fully saturated rings. The number of nitrogens with one attached hydrogen (secondary N) is 1. The van der Waals surface area contributed by atoms with Gasteiger partial charge in [-0.05, 0) is 30.2 Å². The summed E-state index contributed by atoms with van der Waals surface area (Å²) in [5.41, 5.74) is 6.31. The van der Waals surface area contributed by atoms with Gasteiger partial charge in [0.05, 0.1) is 4.92 Å². The fourth-order valence-electron chi connectivity index (χ4n) is 1.72. The van der Waals surface area contributed by atoms with Crippen LogP contribution in [0.15, 0.2) is 36.4 Å². The lowest BCUT2D eigenvalue weighted by molar-refractivity contribution is -0.384. The Morgan fingerprint density at radius 1 is 1.25 bits per heavy atom. The van der Waals surface area contributed by atoms with Crippen LogP contribution >= 0.6 is 0 Å². The monoisotopic (exact) mass is 276 g/mol. The van der Waals surface area contributed by atoms with E-state index in [9.17, 15) is 14.5 Å². The minimum absolute atomic E-state index is 0.127. The Hall–Kier alpha value is -2.70. The second-order valence-electron chi connectivity index (χ2n) is 4.16. The maximum Gasteiger partial charge on any atom is 0.311 e. The smallest absolute Gasteiger partial charge is 0.311 e. The molecule has 0 aliphatic heterocycles. The Bertz CT molecular complexity index is 616. The van der Waals surface area contributed by atoms with Crippen molar-refractivity contribution in [1.82, 2.24) is 4.98 Å². The SMILES string of the molecule is Nc1ccc([N+](=O)[O-])c(NCCc2ccc(F)cc2)n1. The molecular weight excluding hydrogens is 263 g/mol. The zero-order valence-corrected chi connectivity index (χ0v) is 10.5. The average molecular weight is 276 g/mol. The van der Waals surface area contributed by atoms with E-state index in [-0.39, 0.29) is 23.1 Å². The average Bonchev–Trinajstić information content (AvgIpc) is 2.41. The number of aromatic nitrogens is 1. The van der Waals surface area contributed by atoms with Crippen LogP contribution in [0.25, 0.3) is 0 Å². The lowest BCUT2D eigenvalue weighted by Gasteiger charge is -2.07. The van der Waals surface area contributed by atoms with Crippen molar-refractivity contribution < 1.29 is 9.31 Å². The Labute approximate surface area is 114 Å². The van der Waals surface area contributed by atoms with E-state index in [0.29, 0.717) is 13.0 Å². The van der Waals surface area contributed by atoms with E-state index in [1.54, 1.807) is 12.1 Å². The second-order valence-corrected chi connectivity index (χ2v) is 4.16. The molecule has 2 rings (SSSR count). The fraction of sp³-hybridized carbons (Fsp3) is 0.154. The second kappa shape index (κ2) is 5.96. The van der Waals surface area contributed by atoms with Crippen LogP contribution in [0, 0.1) is 15.9 Å². The van der Waals surface area contributed by atoms with Crippen LogP contribution in [0.5, 0.6) is 0 Å². The fourth-order valence-corrected chi connectivity index (χ4v) is 1.72. The Morgan fingerprint density at radius 2 is 1.95 bits per heavy atom. The summed E-state index contributed by atoms with van der Waals surface area (Å²) >= 11 is 0. The molecular formula is C13H13FN4O2. The highest BCUT2D eigenvalue weighted by molar-refractivity contribution is 5.59. The molecule has 0 amide bonds. The number of nitrogen functional groups attached to an aromatic ring is 1. The molecule has 20 heavy (non-hydrogen) atoms. The quantitative estimate of drug-likeness (QED) is 0.645. The third kappa shape index (κ3) is 3.41. The molecule has 1 aromatic carbocycles. The van der Waals surface area contributed by atoms with Crippen LogP contribution < -0.4 is 11.1 Å². The molecule has 0 bridgehead atoms. The Kier molecular flexibility index (Phi) is 4.09. The zero-order valence-electron chi connectivity index (χ0n) is 10.5. The first kappa shape index (κ1) is 13.7. The van der Waals surface area contributed by atoms with Crippen LogP contribution in [0.1, 0.15) is 5.56 Å². The molecule has 7 heteroatoms. The van der Waals surface area contributed by atoms with E-state index in [0.717, 1.165) is 5.56 Å². The first-order chi connectivity index (χ1) is 9.56. The highest BCUT2D eigenvalue weighted by Crippen LogP contribution is 2.22. The predicted molar refractivity (Wildman–Crippen MR) is 73.9 cm³/mol. The summed E-state index contributed by atoms with van der Waals surface area (Å²) in [6.07, 6.45) is 0.591. The van der Waals surface area contributed by atoms with E-state index >= 15 is 0 Å². The van der Waals surface area contributed by atoms with Crippen LogP contribution in [0.3, 0.4) is 0 Å². The van der Waals surface area contributed by atoms with Crippen LogP contribution in [-0.4, -0.2) is 16.5 Å². The number of nitrogens with zero attached hydrogens (tertiary/aromatic N) is 2. The van der Waals surface area contributed by atoms with Crippen molar-refractivity contribution in [3.63, 3.8) is 0 Å². The topological polar surface area (TPSA) is 94.1 Å². The van der Waals surface area contributed by atoms with Crippen molar-refractivity contribution in [1.29, 1.82) is 0 Å². The molecule has 104 valence electrons. The van der Waals surface area contributed by atoms with Crippen molar-refractivity contribution >= 4 is 17.3 Å². The number of anilines is 2. The normalized spacial score (nSPS) is 10.2. The molecule has 3 N–H and O–H groups in total. The van der Waals surface area contributed by atoms with E-state index in [2.05, 4.69) is 10.3 Å². The minimum atomic E-state index is -0.521. The number of rotatable bonds is 5. The van der Waals surface area contributed by atoms with Gasteiger partial charge in [-0.2, -0.15) is 0 Å². The number of hydrogen-bond donors (Lipinski definition) is 2. The molecule has 0 spiro atoms. The summed E-state index contributed by atoms with van der Waals surface area (Å²) < 4.78 is 12.7. The summed E-state index contributed by atoms with van der Waals surface area (Å²) in [7, 11) is 0. The maximum absolute atomic E-state index is 12.7. The number of pyridine rings is 1. The van der Waals surface area contributed by atoms with E-state index in [4.69, 9.17) is 5.73 Å². The van der Waals surface area contributed by atoms with Crippen molar-refractivity contribution in [3.8, 4) is 0 Å². The van der Waals surface area contributed by atoms with Crippen LogP contribution in [0.4, 0.5) is 21.7 Å². The van der Waals surface area contributed by atoms with E-state index < -0.39 is 4.92 Å². The van der Waals surface area contributed by atoms with E-state index in [1.165, 1.54) is 24.3 Å². The van der Waals surface area contributed by atoms with Crippen molar-refractivity contribution in [3.05, 3.63) is 57.9 Å². The van der Waals surface area contributed by atoms with Gasteiger partial charge in [0.2, 0.25) is 5.82 Å². The van der Waals surface area contributed by atoms with Crippen molar-refractivity contribution in [2.45, 2.75) is 6.42 Å². The lowest BCUT2D eigenvalue weighted by Crippen LogP contribution is -2.09. The largest absolute Gasteiger partial charge is 0.384 e. The standard InChI is InChI=1S/C13H13FN4O2/c14-10-3-1-9(2-4-10)7-8-16-13-11(18(19)20)5-6-12(15)17-13/h1-6H,7-8H2,(H3,15,16,17). The molecule has 0 saturated heterocycles. The highest BCUT2D eigenvalue weighted by Gasteiger charge is 2.14. The summed E-state index contributed by atoms with van der Waals surface area (Å²) in [5, 5.41) is 13.7. The number of nitrogens with two attached hydrogens (primary N) is 1. The number of hydrogen-bond acceptors (Lipinski definition) is 5. The van der Waals surface area contributed by atoms with Gasteiger partial charge >= 0.3 is 5.69 Å². The third-order valence-electron chi connectivity index (χ3n) is 2.71. The van der Waals surface area contributed by atoms with Gasteiger partial charge in [0, 0.05) is 12.6 Å². The molecule has 1 aromatic heterocycles. The Balaban J connectivity index is 2.02. The molecule has 6 nitrogen and oxygen atoms in total. The maximum atomic E-state index is 12.7. The molecule has 0 atom stereocenters. The number of benzene rings is 1. The molecule has 0 aliphatic rings. The Morgan fingerprint density at radius 3 is 2.60 bits per heavy atom. The lowest BCUT2D eigenvalue weighted by atomic mass is 10.1. The summed E-state index contributed by atoms with van der Waals surface area (Å²) in [6, 6.07) is 8.76. The van der Waals surface area contributed by atoms with Gasteiger partial charge in [-0.15, -0.1) is 0 Å².